The van der Waals surface area contributed by atoms with Crippen molar-refractivity contribution in [1.29, 1.82) is 0 Å². The number of rotatable bonds is 8. The molecule has 3 nitrogen and oxygen atoms in total. The van der Waals surface area contributed by atoms with E-state index >= 15 is 0 Å². The van der Waals surface area contributed by atoms with Gasteiger partial charge in [0.05, 0.1) is 13.7 Å². The molecule has 0 unspecified atom stereocenters. The van der Waals surface area contributed by atoms with E-state index < -0.39 is 0 Å². The monoisotopic (exact) mass is 263 g/mol. The summed E-state index contributed by atoms with van der Waals surface area (Å²) in [6.07, 6.45) is 0.861. The Kier molecular flexibility index (Phi) is 6.43. The Morgan fingerprint density at radius 2 is 2.05 bits per heavy atom. The van der Waals surface area contributed by atoms with Crippen LogP contribution in [0.2, 0.25) is 0 Å². The summed E-state index contributed by atoms with van der Waals surface area (Å²) in [5.74, 6) is 1.57. The van der Waals surface area contributed by atoms with Crippen molar-refractivity contribution in [1.82, 2.24) is 5.32 Å². The Morgan fingerprint density at radius 1 is 1.32 bits per heavy atom. The predicted molar refractivity (Wildman–Crippen MR) is 79.9 cm³/mol. The lowest BCUT2D eigenvalue weighted by molar-refractivity contribution is 0.297. The van der Waals surface area contributed by atoms with Crippen molar-refractivity contribution >= 4 is 0 Å². The van der Waals surface area contributed by atoms with E-state index in [9.17, 15) is 0 Å². The van der Waals surface area contributed by atoms with Gasteiger partial charge in [-0.1, -0.05) is 25.5 Å². The van der Waals surface area contributed by atoms with Gasteiger partial charge in [0.2, 0.25) is 0 Å². The first-order valence-corrected chi connectivity index (χ1v) is 6.70. The van der Waals surface area contributed by atoms with Crippen LogP contribution >= 0.6 is 0 Å². The molecule has 0 aromatic heterocycles. The first-order valence-electron chi connectivity index (χ1n) is 6.70. The zero-order valence-corrected chi connectivity index (χ0v) is 12.5. The fraction of sp³-hybridized carbons (Fsp3) is 0.500. The predicted octanol–water partition coefficient (Wildman–Crippen LogP) is 3.54. The molecule has 0 aliphatic heterocycles. The fourth-order valence-electron chi connectivity index (χ4n) is 1.60. The van der Waals surface area contributed by atoms with Gasteiger partial charge in [0.25, 0.3) is 0 Å². The molecule has 19 heavy (non-hydrogen) atoms. The molecule has 0 aliphatic rings. The molecular formula is C16H25NO2. The molecule has 1 N–H and O–H groups in total. The van der Waals surface area contributed by atoms with E-state index in [4.69, 9.17) is 9.47 Å². The van der Waals surface area contributed by atoms with Crippen LogP contribution in [0.25, 0.3) is 0 Å². The smallest absolute Gasteiger partial charge is 0.161 e. The Bertz CT molecular complexity index is 413. The maximum Gasteiger partial charge on any atom is 0.161 e. The zero-order valence-electron chi connectivity index (χ0n) is 12.5. The summed E-state index contributed by atoms with van der Waals surface area (Å²) in [5.41, 5.74) is 2.31. The molecule has 1 aromatic rings. The number of nitrogens with one attached hydrogen (secondary N) is 1. The molecule has 0 heterocycles. The average Bonchev–Trinajstić information content (AvgIpc) is 2.36. The summed E-state index contributed by atoms with van der Waals surface area (Å²) in [7, 11) is 1.67. The Hall–Kier alpha value is -1.48. The summed E-state index contributed by atoms with van der Waals surface area (Å²) >= 11 is 0. The lowest BCUT2D eigenvalue weighted by atomic mass is 10.2. The summed E-state index contributed by atoms with van der Waals surface area (Å²) in [4.78, 5) is 0. The van der Waals surface area contributed by atoms with Crippen LogP contribution in [0, 0.1) is 0 Å². The third kappa shape index (κ3) is 5.79. The number of methoxy groups -OCH3 is 1. The molecule has 0 atom stereocenters. The van der Waals surface area contributed by atoms with E-state index in [1.807, 2.05) is 19.1 Å². The molecule has 0 spiro atoms. The first-order chi connectivity index (χ1) is 9.02. The van der Waals surface area contributed by atoms with E-state index in [0.29, 0.717) is 12.6 Å². The van der Waals surface area contributed by atoms with Gasteiger partial charge in [-0.05, 0) is 24.6 Å². The number of hydrogen-bond acceptors (Lipinski definition) is 3. The lowest BCUT2D eigenvalue weighted by Crippen LogP contribution is -2.21. The van der Waals surface area contributed by atoms with E-state index in [1.54, 1.807) is 7.11 Å². The average molecular weight is 263 g/mol. The summed E-state index contributed by atoms with van der Waals surface area (Å²) in [6.45, 7) is 11.6. The molecule has 0 saturated carbocycles. The quantitative estimate of drug-likeness (QED) is 0.728. The van der Waals surface area contributed by atoms with Gasteiger partial charge in [-0.3, -0.25) is 0 Å². The van der Waals surface area contributed by atoms with Crippen LogP contribution in [-0.2, 0) is 6.54 Å². The van der Waals surface area contributed by atoms with Gasteiger partial charge in [0.15, 0.2) is 11.5 Å². The van der Waals surface area contributed by atoms with Crippen LogP contribution in [0.3, 0.4) is 0 Å². The molecule has 0 bridgehead atoms. The summed E-state index contributed by atoms with van der Waals surface area (Å²) in [6, 6.07) is 6.52. The second kappa shape index (κ2) is 7.85. The van der Waals surface area contributed by atoms with Crippen LogP contribution in [0.15, 0.2) is 30.4 Å². The van der Waals surface area contributed by atoms with Gasteiger partial charge in [0, 0.05) is 19.0 Å². The van der Waals surface area contributed by atoms with Gasteiger partial charge in [-0.2, -0.15) is 0 Å². The van der Waals surface area contributed by atoms with E-state index in [2.05, 4.69) is 31.8 Å². The molecule has 0 radical (unpaired) electrons. The molecule has 106 valence electrons. The van der Waals surface area contributed by atoms with Crippen molar-refractivity contribution < 1.29 is 9.47 Å². The van der Waals surface area contributed by atoms with E-state index in [1.165, 1.54) is 5.56 Å². The van der Waals surface area contributed by atoms with E-state index in [0.717, 1.165) is 30.0 Å². The van der Waals surface area contributed by atoms with Crippen LogP contribution in [-0.4, -0.2) is 19.8 Å². The van der Waals surface area contributed by atoms with Gasteiger partial charge in [-0.25, -0.2) is 0 Å². The fourth-order valence-corrected chi connectivity index (χ4v) is 1.60. The Labute approximate surface area is 116 Å². The highest BCUT2D eigenvalue weighted by Crippen LogP contribution is 2.28. The van der Waals surface area contributed by atoms with Crippen LogP contribution in [0.1, 0.15) is 32.8 Å². The zero-order chi connectivity index (χ0) is 14.3. The van der Waals surface area contributed by atoms with Crippen molar-refractivity contribution in [2.45, 2.75) is 39.8 Å². The molecule has 1 aromatic carbocycles. The van der Waals surface area contributed by atoms with Crippen LogP contribution in [0.4, 0.5) is 0 Å². The summed E-state index contributed by atoms with van der Waals surface area (Å²) < 4.78 is 11.1. The van der Waals surface area contributed by atoms with Crippen molar-refractivity contribution in [3.05, 3.63) is 35.9 Å². The molecule has 1 rings (SSSR count). The third-order valence-electron chi connectivity index (χ3n) is 2.73. The Morgan fingerprint density at radius 3 is 2.63 bits per heavy atom. The minimum absolute atomic E-state index is 0.470. The van der Waals surface area contributed by atoms with Crippen molar-refractivity contribution in [2.75, 3.05) is 13.7 Å². The molecule has 0 amide bonds. The van der Waals surface area contributed by atoms with Crippen molar-refractivity contribution in [3.63, 3.8) is 0 Å². The molecule has 0 saturated heterocycles. The number of benzene rings is 1. The molecule has 0 aliphatic carbocycles. The number of ether oxygens (including phenoxy) is 2. The number of hydrogen-bond donors (Lipinski definition) is 1. The minimum atomic E-state index is 0.470. The highest BCUT2D eigenvalue weighted by Gasteiger charge is 2.06. The van der Waals surface area contributed by atoms with Crippen molar-refractivity contribution in [2.24, 2.45) is 0 Å². The highest BCUT2D eigenvalue weighted by atomic mass is 16.5. The van der Waals surface area contributed by atoms with Gasteiger partial charge in [0.1, 0.15) is 0 Å². The van der Waals surface area contributed by atoms with Crippen LogP contribution in [0.5, 0.6) is 11.5 Å². The largest absolute Gasteiger partial charge is 0.493 e. The minimum Gasteiger partial charge on any atom is -0.493 e. The standard InChI is InChI=1S/C16H25NO2/c1-12(2)8-9-19-15-7-6-14(10-16(15)18-5)11-17-13(3)4/h6-7,10,13,17H,1,8-9,11H2,2-5H3. The normalized spacial score (nSPS) is 10.6. The van der Waals surface area contributed by atoms with Gasteiger partial charge in [-0.15, -0.1) is 6.58 Å². The second-order valence-corrected chi connectivity index (χ2v) is 5.08. The van der Waals surface area contributed by atoms with Gasteiger partial charge >= 0.3 is 0 Å². The van der Waals surface area contributed by atoms with Crippen LogP contribution < -0.4 is 14.8 Å². The van der Waals surface area contributed by atoms with Gasteiger partial charge < -0.3 is 14.8 Å². The highest BCUT2D eigenvalue weighted by molar-refractivity contribution is 5.43. The van der Waals surface area contributed by atoms with Crippen molar-refractivity contribution in [3.8, 4) is 11.5 Å². The third-order valence-corrected chi connectivity index (χ3v) is 2.73. The first kappa shape index (κ1) is 15.6. The lowest BCUT2D eigenvalue weighted by Gasteiger charge is -2.13. The second-order valence-electron chi connectivity index (χ2n) is 5.08. The summed E-state index contributed by atoms with van der Waals surface area (Å²) in [5, 5.41) is 3.38. The maximum absolute atomic E-state index is 5.71. The maximum atomic E-state index is 5.71. The molecular weight excluding hydrogens is 238 g/mol. The molecule has 0 fully saturated rings. The topological polar surface area (TPSA) is 30.5 Å². The molecule has 3 heteroatoms. The van der Waals surface area contributed by atoms with E-state index in [-0.39, 0.29) is 0 Å². The Balaban J connectivity index is 2.64. The SMILES string of the molecule is C=C(C)CCOc1ccc(CNC(C)C)cc1OC.